The van der Waals surface area contributed by atoms with Gasteiger partial charge >= 0.3 is 0 Å². The van der Waals surface area contributed by atoms with Gasteiger partial charge < -0.3 is 9.47 Å². The third-order valence-electron chi connectivity index (χ3n) is 12.7. The fraction of sp³-hybridized carbons (Fsp3) is 0.464. The molecule has 0 N–H and O–H groups in total. The molecule has 0 heterocycles. The van der Waals surface area contributed by atoms with E-state index in [9.17, 15) is 0 Å². The highest BCUT2D eigenvalue weighted by atomic mass is 16.5. The zero-order chi connectivity index (χ0) is 41.3. The fourth-order valence-electron chi connectivity index (χ4n) is 8.70. The smallest absolute Gasteiger partial charge is 0.118 e. The lowest BCUT2D eigenvalue weighted by Crippen LogP contribution is -2.32. The van der Waals surface area contributed by atoms with Gasteiger partial charge in [0.2, 0.25) is 0 Å². The number of rotatable bonds is 19. The van der Waals surface area contributed by atoms with Gasteiger partial charge in [0.1, 0.15) is 11.5 Å². The second kappa shape index (κ2) is 25.9. The number of ether oxygens (including phenoxy) is 2. The summed E-state index contributed by atoms with van der Waals surface area (Å²) in [6, 6.07) is 49.9. The molecule has 1 aliphatic carbocycles. The summed E-state index contributed by atoms with van der Waals surface area (Å²) in [6.07, 6.45) is 22.8. The fourth-order valence-corrected chi connectivity index (χ4v) is 8.70. The standard InChI is InChI=1S/C20H26O2.C19H22.C17H28/c1-5-6-15-20(2,16-7-11-18(21-3)12-8-16)17-9-13-19(22-4)14-10-17;1-16-12-14-19(15-13-16,17-8-4-2-5-9-17)18-10-6-3-7-11-18;1-2-3-4-5-6-7-8-9-11-14-17-15-12-10-13-16-17/h7-14H,5-6,15H2,1-4H3;2-11,16H,12-15H2,1H3;10,12-13,15-16H,2-9,11,14H2,1H3. The minimum atomic E-state index is 0.00848. The molecular weight excluding hydrogens is 705 g/mol. The second-order valence-electron chi connectivity index (χ2n) is 17.0. The van der Waals surface area contributed by atoms with Crippen LogP contribution in [0.1, 0.15) is 158 Å². The zero-order valence-corrected chi connectivity index (χ0v) is 37.2. The first-order chi connectivity index (χ1) is 28.4. The van der Waals surface area contributed by atoms with Crippen molar-refractivity contribution in [1.82, 2.24) is 0 Å². The van der Waals surface area contributed by atoms with Crippen molar-refractivity contribution in [2.45, 2.75) is 148 Å². The third-order valence-corrected chi connectivity index (χ3v) is 12.7. The number of unbranched alkanes of at least 4 members (excludes halogenated alkanes) is 9. The highest BCUT2D eigenvalue weighted by molar-refractivity contribution is 5.43. The lowest BCUT2D eigenvalue weighted by atomic mass is 9.63. The quantitative estimate of drug-likeness (QED) is 0.0777. The van der Waals surface area contributed by atoms with Gasteiger partial charge in [-0.15, -0.1) is 0 Å². The predicted molar refractivity (Wildman–Crippen MR) is 251 cm³/mol. The zero-order valence-electron chi connectivity index (χ0n) is 37.2. The molecule has 58 heavy (non-hydrogen) atoms. The van der Waals surface area contributed by atoms with Crippen LogP contribution in [0.2, 0.25) is 0 Å². The van der Waals surface area contributed by atoms with E-state index in [1.54, 1.807) is 14.2 Å². The van der Waals surface area contributed by atoms with Crippen molar-refractivity contribution >= 4 is 0 Å². The van der Waals surface area contributed by atoms with Crippen LogP contribution < -0.4 is 9.47 Å². The molecule has 5 aromatic carbocycles. The van der Waals surface area contributed by atoms with Gasteiger partial charge in [-0.05, 0) is 103 Å². The lowest BCUT2D eigenvalue weighted by molar-refractivity contribution is 0.280. The molecule has 0 amide bonds. The van der Waals surface area contributed by atoms with Crippen LogP contribution in [0.25, 0.3) is 0 Å². The van der Waals surface area contributed by atoms with Gasteiger partial charge in [0.05, 0.1) is 14.2 Å². The molecule has 1 saturated carbocycles. The Morgan fingerprint density at radius 2 is 0.897 bits per heavy atom. The van der Waals surface area contributed by atoms with E-state index in [1.165, 1.54) is 131 Å². The van der Waals surface area contributed by atoms with Crippen LogP contribution in [0.3, 0.4) is 0 Å². The Morgan fingerprint density at radius 1 is 0.500 bits per heavy atom. The van der Waals surface area contributed by atoms with Crippen molar-refractivity contribution in [2.75, 3.05) is 14.2 Å². The van der Waals surface area contributed by atoms with Gasteiger partial charge in [-0.25, -0.2) is 0 Å². The normalized spacial score (nSPS) is 13.7. The molecule has 0 saturated heterocycles. The van der Waals surface area contributed by atoms with Crippen molar-refractivity contribution < 1.29 is 9.47 Å². The van der Waals surface area contributed by atoms with Gasteiger partial charge in [-0.1, -0.05) is 207 Å². The minimum absolute atomic E-state index is 0.00848. The summed E-state index contributed by atoms with van der Waals surface area (Å²) in [6.45, 7) is 9.23. The first-order valence-electron chi connectivity index (χ1n) is 22.8. The van der Waals surface area contributed by atoms with Crippen molar-refractivity contribution in [3.63, 3.8) is 0 Å². The minimum Gasteiger partial charge on any atom is -0.497 e. The van der Waals surface area contributed by atoms with Crippen molar-refractivity contribution in [1.29, 1.82) is 0 Å². The monoisotopic (exact) mass is 781 g/mol. The molecule has 0 bridgehead atoms. The van der Waals surface area contributed by atoms with Crippen LogP contribution in [-0.4, -0.2) is 14.2 Å². The van der Waals surface area contributed by atoms with E-state index >= 15 is 0 Å². The lowest BCUT2D eigenvalue weighted by Gasteiger charge is -2.40. The van der Waals surface area contributed by atoms with E-state index in [-0.39, 0.29) is 10.8 Å². The molecule has 2 heteroatoms. The van der Waals surface area contributed by atoms with Gasteiger partial charge in [0, 0.05) is 10.8 Å². The maximum Gasteiger partial charge on any atom is 0.118 e. The first kappa shape index (κ1) is 46.4. The molecule has 0 atom stereocenters. The Hall–Kier alpha value is -4.30. The van der Waals surface area contributed by atoms with E-state index in [4.69, 9.17) is 9.47 Å². The van der Waals surface area contributed by atoms with Gasteiger partial charge in [0.15, 0.2) is 0 Å². The second-order valence-corrected chi connectivity index (χ2v) is 17.0. The van der Waals surface area contributed by atoms with E-state index in [0.29, 0.717) is 0 Å². The van der Waals surface area contributed by atoms with Gasteiger partial charge in [0.25, 0.3) is 0 Å². The van der Waals surface area contributed by atoms with Crippen LogP contribution in [0.4, 0.5) is 0 Å². The number of hydrogen-bond donors (Lipinski definition) is 0. The summed E-state index contributed by atoms with van der Waals surface area (Å²) in [7, 11) is 3.41. The molecule has 2 nitrogen and oxygen atoms in total. The van der Waals surface area contributed by atoms with Crippen LogP contribution in [0.15, 0.2) is 140 Å². The van der Waals surface area contributed by atoms with Crippen molar-refractivity contribution in [3.05, 3.63) is 167 Å². The number of methoxy groups -OCH3 is 2. The summed E-state index contributed by atoms with van der Waals surface area (Å²) >= 11 is 0. The summed E-state index contributed by atoms with van der Waals surface area (Å²) in [5.74, 6) is 2.67. The van der Waals surface area contributed by atoms with E-state index in [0.717, 1.165) is 23.8 Å². The third kappa shape index (κ3) is 14.5. The van der Waals surface area contributed by atoms with E-state index in [2.05, 4.69) is 143 Å². The number of benzene rings is 5. The summed E-state index contributed by atoms with van der Waals surface area (Å²) in [4.78, 5) is 0. The number of aryl methyl sites for hydroxylation is 1. The van der Waals surface area contributed by atoms with Crippen LogP contribution in [-0.2, 0) is 17.3 Å². The maximum absolute atomic E-state index is 5.28. The SMILES string of the molecule is CC1CCC(c2ccccc2)(c2ccccc2)CC1.CCCCC(C)(c1ccc(OC)cc1)c1ccc(OC)cc1.CCCCCCCCCCCc1ccccc1. The highest BCUT2D eigenvalue weighted by Gasteiger charge is 2.37. The van der Waals surface area contributed by atoms with Gasteiger partial charge in [-0.3, -0.25) is 0 Å². The Balaban J connectivity index is 0.000000194. The topological polar surface area (TPSA) is 18.5 Å². The Morgan fingerprint density at radius 3 is 1.31 bits per heavy atom. The average Bonchev–Trinajstić information content (AvgIpc) is 3.29. The summed E-state index contributed by atoms with van der Waals surface area (Å²) < 4.78 is 10.6. The maximum atomic E-state index is 5.28. The molecule has 312 valence electrons. The molecule has 0 radical (unpaired) electrons. The summed E-state index contributed by atoms with van der Waals surface area (Å²) in [5, 5.41) is 0. The average molecular weight is 781 g/mol. The Kier molecular flexibility index (Phi) is 20.7. The van der Waals surface area contributed by atoms with Crippen molar-refractivity contribution in [2.24, 2.45) is 5.92 Å². The predicted octanol–water partition coefficient (Wildman–Crippen LogP) is 16.1. The van der Waals surface area contributed by atoms with Crippen LogP contribution in [0, 0.1) is 5.92 Å². The Labute approximate surface area is 354 Å². The molecule has 0 aromatic heterocycles. The molecular formula is C56H76O2. The molecule has 6 rings (SSSR count). The summed E-state index contributed by atoms with van der Waals surface area (Å²) in [5.41, 5.74) is 7.39. The highest BCUT2D eigenvalue weighted by Crippen LogP contribution is 2.46. The van der Waals surface area contributed by atoms with Crippen LogP contribution in [0.5, 0.6) is 11.5 Å². The largest absolute Gasteiger partial charge is 0.497 e. The van der Waals surface area contributed by atoms with E-state index < -0.39 is 0 Å². The molecule has 0 spiro atoms. The molecule has 1 fully saturated rings. The number of hydrogen-bond acceptors (Lipinski definition) is 2. The van der Waals surface area contributed by atoms with Crippen molar-refractivity contribution in [3.8, 4) is 11.5 Å². The van der Waals surface area contributed by atoms with E-state index in [1.807, 2.05) is 24.3 Å². The first-order valence-corrected chi connectivity index (χ1v) is 22.8. The Bertz CT molecular complexity index is 1650. The molecule has 1 aliphatic rings. The molecule has 0 unspecified atom stereocenters. The molecule has 0 aliphatic heterocycles. The molecule has 5 aromatic rings. The van der Waals surface area contributed by atoms with Gasteiger partial charge in [-0.2, -0.15) is 0 Å². The van der Waals surface area contributed by atoms with Crippen LogP contribution >= 0.6 is 0 Å².